The monoisotopic (exact) mass is 280 g/mol. The van der Waals surface area contributed by atoms with Crippen molar-refractivity contribution >= 4 is 5.91 Å². The van der Waals surface area contributed by atoms with Gasteiger partial charge in [0.1, 0.15) is 0 Å². The summed E-state index contributed by atoms with van der Waals surface area (Å²) in [5.74, 6) is 0.979. The Morgan fingerprint density at radius 1 is 1.25 bits per heavy atom. The number of carbonyl (C=O) groups is 1. The Morgan fingerprint density at radius 2 is 2.00 bits per heavy atom. The van der Waals surface area contributed by atoms with Crippen molar-refractivity contribution in [1.29, 1.82) is 0 Å². The topological polar surface area (TPSA) is 41.1 Å². The van der Waals surface area contributed by atoms with Crippen LogP contribution >= 0.6 is 0 Å². The molecule has 0 aromatic carbocycles. The second-order valence-electron chi connectivity index (χ2n) is 6.75. The van der Waals surface area contributed by atoms with Gasteiger partial charge in [0.05, 0.1) is 5.54 Å². The zero-order chi connectivity index (χ0) is 14.4. The Morgan fingerprint density at radius 3 is 2.55 bits per heavy atom. The third kappa shape index (κ3) is 3.55. The molecule has 116 valence electrons. The van der Waals surface area contributed by atoms with Crippen molar-refractivity contribution in [2.75, 3.05) is 6.54 Å². The minimum absolute atomic E-state index is 0.267. The molecule has 1 saturated heterocycles. The van der Waals surface area contributed by atoms with Gasteiger partial charge in [0.2, 0.25) is 5.91 Å². The van der Waals surface area contributed by atoms with E-state index in [1.165, 1.54) is 32.1 Å². The summed E-state index contributed by atoms with van der Waals surface area (Å²) in [5, 5.41) is 6.89. The van der Waals surface area contributed by atoms with Gasteiger partial charge in [-0.15, -0.1) is 0 Å². The van der Waals surface area contributed by atoms with Gasteiger partial charge in [-0.1, -0.05) is 39.5 Å². The summed E-state index contributed by atoms with van der Waals surface area (Å²) < 4.78 is 0. The van der Waals surface area contributed by atoms with E-state index in [4.69, 9.17) is 0 Å². The maximum atomic E-state index is 12.8. The molecule has 2 aliphatic rings. The summed E-state index contributed by atoms with van der Waals surface area (Å²) in [6.45, 7) is 5.38. The van der Waals surface area contributed by atoms with Crippen LogP contribution in [0.25, 0.3) is 0 Å². The summed E-state index contributed by atoms with van der Waals surface area (Å²) in [5.41, 5.74) is -0.267. The molecule has 3 nitrogen and oxygen atoms in total. The zero-order valence-corrected chi connectivity index (χ0v) is 13.3. The van der Waals surface area contributed by atoms with Gasteiger partial charge in [-0.2, -0.15) is 0 Å². The van der Waals surface area contributed by atoms with E-state index >= 15 is 0 Å². The Labute approximate surface area is 124 Å². The second kappa shape index (κ2) is 7.44. The van der Waals surface area contributed by atoms with Crippen LogP contribution in [0, 0.1) is 5.92 Å². The first-order valence-corrected chi connectivity index (χ1v) is 8.78. The molecule has 20 heavy (non-hydrogen) atoms. The van der Waals surface area contributed by atoms with Crippen LogP contribution in [-0.2, 0) is 4.79 Å². The van der Waals surface area contributed by atoms with Crippen molar-refractivity contribution in [3.8, 4) is 0 Å². The molecule has 2 fully saturated rings. The van der Waals surface area contributed by atoms with Crippen LogP contribution in [0.2, 0.25) is 0 Å². The lowest BCUT2D eigenvalue weighted by atomic mass is 9.82. The molecule has 1 amide bonds. The van der Waals surface area contributed by atoms with Crippen molar-refractivity contribution < 1.29 is 4.79 Å². The van der Waals surface area contributed by atoms with E-state index < -0.39 is 0 Å². The summed E-state index contributed by atoms with van der Waals surface area (Å²) in [6, 6.07) is 0.388. The fraction of sp³-hybridized carbons (Fsp3) is 0.941. The quantitative estimate of drug-likeness (QED) is 0.783. The Bertz CT molecular complexity index is 304. The molecule has 2 atom stereocenters. The number of nitrogens with one attached hydrogen (secondary N) is 2. The largest absolute Gasteiger partial charge is 0.351 e. The maximum Gasteiger partial charge on any atom is 0.240 e. The van der Waals surface area contributed by atoms with Crippen molar-refractivity contribution in [3.63, 3.8) is 0 Å². The lowest BCUT2D eigenvalue weighted by molar-refractivity contribution is -0.128. The standard InChI is InChI=1S/C17H32N2O/c1-3-11-17(12-8-13-18-17)16(20)19-15(4-2)14-9-6-5-7-10-14/h14-15,18H,3-13H2,1-2H3,(H,19,20). The Balaban J connectivity index is 1.96. The van der Waals surface area contributed by atoms with Crippen LogP contribution in [0.3, 0.4) is 0 Å². The van der Waals surface area contributed by atoms with Crippen LogP contribution in [0.5, 0.6) is 0 Å². The van der Waals surface area contributed by atoms with E-state index in [0.717, 1.165) is 38.6 Å². The molecule has 0 spiro atoms. The van der Waals surface area contributed by atoms with E-state index in [1.54, 1.807) is 0 Å². The molecule has 0 radical (unpaired) electrons. The van der Waals surface area contributed by atoms with Gasteiger partial charge < -0.3 is 10.6 Å². The first-order valence-electron chi connectivity index (χ1n) is 8.78. The highest BCUT2D eigenvalue weighted by atomic mass is 16.2. The van der Waals surface area contributed by atoms with E-state index in [2.05, 4.69) is 24.5 Å². The van der Waals surface area contributed by atoms with E-state index in [1.807, 2.05) is 0 Å². The molecule has 0 aromatic rings. The lowest BCUT2D eigenvalue weighted by Gasteiger charge is -2.35. The van der Waals surface area contributed by atoms with Crippen LogP contribution in [-0.4, -0.2) is 24.0 Å². The van der Waals surface area contributed by atoms with Gasteiger partial charge in [-0.05, 0) is 51.0 Å². The first kappa shape index (κ1) is 15.8. The highest BCUT2D eigenvalue weighted by Gasteiger charge is 2.41. The minimum atomic E-state index is -0.267. The number of carbonyl (C=O) groups excluding carboxylic acids is 1. The van der Waals surface area contributed by atoms with E-state index in [-0.39, 0.29) is 11.4 Å². The summed E-state index contributed by atoms with van der Waals surface area (Å²) >= 11 is 0. The van der Waals surface area contributed by atoms with Gasteiger partial charge in [0.15, 0.2) is 0 Å². The molecule has 2 rings (SSSR count). The van der Waals surface area contributed by atoms with E-state index in [0.29, 0.717) is 12.0 Å². The number of hydrogen-bond acceptors (Lipinski definition) is 2. The van der Waals surface area contributed by atoms with Crippen LogP contribution in [0.1, 0.15) is 78.1 Å². The van der Waals surface area contributed by atoms with Crippen LogP contribution in [0.4, 0.5) is 0 Å². The fourth-order valence-corrected chi connectivity index (χ4v) is 4.15. The van der Waals surface area contributed by atoms with Crippen molar-refractivity contribution in [2.45, 2.75) is 89.6 Å². The molecule has 1 saturated carbocycles. The second-order valence-corrected chi connectivity index (χ2v) is 6.75. The lowest BCUT2D eigenvalue weighted by Crippen LogP contribution is -2.56. The molecule has 2 N–H and O–H groups in total. The smallest absolute Gasteiger partial charge is 0.240 e. The van der Waals surface area contributed by atoms with Gasteiger partial charge in [-0.25, -0.2) is 0 Å². The molecule has 1 aliphatic carbocycles. The molecule has 2 unspecified atom stereocenters. The molecular formula is C17H32N2O. The average molecular weight is 280 g/mol. The number of hydrogen-bond donors (Lipinski definition) is 2. The summed E-state index contributed by atoms with van der Waals surface area (Å²) in [6.07, 6.45) is 11.9. The highest BCUT2D eigenvalue weighted by Crippen LogP contribution is 2.30. The highest BCUT2D eigenvalue weighted by molar-refractivity contribution is 5.87. The SMILES string of the molecule is CCCC1(C(=O)NC(CC)C2CCCCC2)CCCN1. The fourth-order valence-electron chi connectivity index (χ4n) is 4.15. The predicted octanol–water partition coefficient (Wildman–Crippen LogP) is 3.38. The summed E-state index contributed by atoms with van der Waals surface area (Å²) in [7, 11) is 0. The van der Waals surface area contributed by atoms with E-state index in [9.17, 15) is 4.79 Å². The van der Waals surface area contributed by atoms with Crippen LogP contribution in [0.15, 0.2) is 0 Å². The molecule has 0 aromatic heterocycles. The Kier molecular flexibility index (Phi) is 5.88. The van der Waals surface area contributed by atoms with Crippen LogP contribution < -0.4 is 10.6 Å². The molecule has 3 heteroatoms. The van der Waals surface area contributed by atoms with Gasteiger partial charge in [0.25, 0.3) is 0 Å². The molecular weight excluding hydrogens is 248 g/mol. The van der Waals surface area contributed by atoms with Crippen molar-refractivity contribution in [1.82, 2.24) is 10.6 Å². The third-order valence-corrected chi connectivity index (χ3v) is 5.33. The minimum Gasteiger partial charge on any atom is -0.351 e. The van der Waals surface area contributed by atoms with Gasteiger partial charge >= 0.3 is 0 Å². The maximum absolute atomic E-state index is 12.8. The number of rotatable bonds is 6. The van der Waals surface area contributed by atoms with Gasteiger partial charge in [0, 0.05) is 6.04 Å². The molecule has 1 aliphatic heterocycles. The van der Waals surface area contributed by atoms with Crippen molar-refractivity contribution in [2.24, 2.45) is 5.92 Å². The normalized spacial score (nSPS) is 29.3. The summed E-state index contributed by atoms with van der Waals surface area (Å²) in [4.78, 5) is 12.8. The number of amides is 1. The molecule has 0 bridgehead atoms. The van der Waals surface area contributed by atoms with Crippen molar-refractivity contribution in [3.05, 3.63) is 0 Å². The van der Waals surface area contributed by atoms with Gasteiger partial charge in [-0.3, -0.25) is 4.79 Å². The zero-order valence-electron chi connectivity index (χ0n) is 13.3. The average Bonchev–Trinajstić information content (AvgIpc) is 2.96. The third-order valence-electron chi connectivity index (χ3n) is 5.33. The first-order chi connectivity index (χ1) is 9.72. The molecule has 1 heterocycles. The Hall–Kier alpha value is -0.570. The predicted molar refractivity (Wildman–Crippen MR) is 83.7 cm³/mol.